The van der Waals surface area contributed by atoms with Crippen LogP contribution in [0, 0.1) is 5.92 Å². The van der Waals surface area contributed by atoms with Gasteiger partial charge in [-0.05, 0) is 18.9 Å². The van der Waals surface area contributed by atoms with Crippen molar-refractivity contribution in [3.8, 4) is 0 Å². The molecule has 2 aromatic rings. The molecule has 1 fully saturated rings. The summed E-state index contributed by atoms with van der Waals surface area (Å²) < 4.78 is 21.0. The number of halogens is 1. The number of benzene rings is 1. The monoisotopic (exact) mass is 315 g/mol. The number of fused-ring (bicyclic) bond motifs is 1. The van der Waals surface area contributed by atoms with E-state index >= 15 is 0 Å². The highest BCUT2D eigenvalue weighted by Crippen LogP contribution is 2.48. The van der Waals surface area contributed by atoms with Gasteiger partial charge in [-0.25, -0.2) is 14.1 Å². The minimum Gasteiger partial charge on any atom is -0.466 e. The normalized spacial score (nSPS) is 28.4. The summed E-state index contributed by atoms with van der Waals surface area (Å²) in [4.78, 5) is 16.1. The predicted molar refractivity (Wildman–Crippen MR) is 80.6 cm³/mol. The van der Waals surface area contributed by atoms with E-state index in [9.17, 15) is 9.18 Å². The second-order valence-electron chi connectivity index (χ2n) is 6.10. The lowest BCUT2D eigenvalue weighted by molar-refractivity contribution is -0.144. The standard InChI is InChI=1S/C17H18FN3O2/c1-2-23-17(22)12-8-11(12)15-19-16-13(18)9-14(21(16)20-15)10-6-4-3-5-7-10/h3-7,11-14H,2,8-9H2,1H3/t11-,12-,13+,14+/m1/s1. The van der Waals surface area contributed by atoms with Gasteiger partial charge in [0.1, 0.15) is 0 Å². The highest BCUT2D eigenvalue weighted by molar-refractivity contribution is 5.77. The van der Waals surface area contributed by atoms with Gasteiger partial charge in [0, 0.05) is 12.3 Å². The second kappa shape index (κ2) is 5.44. The van der Waals surface area contributed by atoms with Gasteiger partial charge in [-0.3, -0.25) is 4.79 Å². The van der Waals surface area contributed by atoms with Gasteiger partial charge in [0.05, 0.1) is 18.6 Å². The van der Waals surface area contributed by atoms with Crippen LogP contribution in [-0.4, -0.2) is 27.3 Å². The molecule has 0 unspecified atom stereocenters. The van der Waals surface area contributed by atoms with Crippen LogP contribution in [0.2, 0.25) is 0 Å². The van der Waals surface area contributed by atoms with Crippen molar-refractivity contribution >= 4 is 5.97 Å². The third-order valence-electron chi connectivity index (χ3n) is 4.58. The van der Waals surface area contributed by atoms with E-state index in [0.717, 1.165) is 5.56 Å². The average Bonchev–Trinajstić information content (AvgIpc) is 3.15. The van der Waals surface area contributed by atoms with E-state index in [0.29, 0.717) is 31.1 Å². The lowest BCUT2D eigenvalue weighted by atomic mass is 10.0. The van der Waals surface area contributed by atoms with Crippen molar-refractivity contribution in [2.24, 2.45) is 5.92 Å². The summed E-state index contributed by atoms with van der Waals surface area (Å²) in [6.45, 7) is 2.16. The molecule has 2 heterocycles. The molecule has 120 valence electrons. The number of esters is 1. The Morgan fingerprint density at radius 1 is 1.35 bits per heavy atom. The molecule has 1 aromatic carbocycles. The minimum atomic E-state index is -1.11. The highest BCUT2D eigenvalue weighted by Gasteiger charge is 2.49. The van der Waals surface area contributed by atoms with Crippen molar-refractivity contribution in [1.29, 1.82) is 0 Å². The summed E-state index contributed by atoms with van der Waals surface area (Å²) in [6, 6.07) is 9.65. The molecule has 1 aromatic heterocycles. The number of carbonyl (C=O) groups excluding carboxylic acids is 1. The van der Waals surface area contributed by atoms with Crippen LogP contribution >= 0.6 is 0 Å². The molecule has 0 N–H and O–H groups in total. The number of aromatic nitrogens is 3. The Labute approximate surface area is 133 Å². The van der Waals surface area contributed by atoms with E-state index in [4.69, 9.17) is 4.74 Å². The number of hydrogen-bond acceptors (Lipinski definition) is 4. The van der Waals surface area contributed by atoms with Crippen LogP contribution < -0.4 is 0 Å². The predicted octanol–water partition coefficient (Wildman–Crippen LogP) is 2.95. The van der Waals surface area contributed by atoms with Crippen LogP contribution in [0.4, 0.5) is 4.39 Å². The van der Waals surface area contributed by atoms with Crippen LogP contribution in [0.3, 0.4) is 0 Å². The van der Waals surface area contributed by atoms with Crippen LogP contribution in [0.1, 0.15) is 55.1 Å². The number of rotatable bonds is 4. The lowest BCUT2D eigenvalue weighted by Gasteiger charge is -2.11. The molecule has 23 heavy (non-hydrogen) atoms. The molecular weight excluding hydrogens is 297 g/mol. The molecule has 1 aliphatic heterocycles. The van der Waals surface area contributed by atoms with Gasteiger partial charge in [-0.15, -0.1) is 0 Å². The highest BCUT2D eigenvalue weighted by atomic mass is 19.1. The van der Waals surface area contributed by atoms with Gasteiger partial charge < -0.3 is 4.74 Å². The molecular formula is C17H18FN3O2. The number of ether oxygens (including phenoxy) is 1. The van der Waals surface area contributed by atoms with E-state index in [-0.39, 0.29) is 23.8 Å². The quantitative estimate of drug-likeness (QED) is 0.814. The van der Waals surface area contributed by atoms with Gasteiger partial charge >= 0.3 is 5.97 Å². The molecule has 4 atom stereocenters. The molecule has 0 spiro atoms. The Morgan fingerprint density at radius 3 is 2.87 bits per heavy atom. The first-order chi connectivity index (χ1) is 11.2. The topological polar surface area (TPSA) is 57.0 Å². The SMILES string of the molecule is CCOC(=O)[C@@H]1C[C@H]1c1nc2n(n1)[C@H](c1ccccc1)C[C@@H]2F. The Kier molecular flexibility index (Phi) is 3.39. The number of carbonyl (C=O) groups is 1. The molecule has 0 saturated heterocycles. The van der Waals surface area contributed by atoms with Crippen molar-refractivity contribution < 1.29 is 13.9 Å². The van der Waals surface area contributed by atoms with E-state index in [1.54, 1.807) is 11.6 Å². The fraction of sp³-hybridized carbons (Fsp3) is 0.471. The fourth-order valence-electron chi connectivity index (χ4n) is 3.30. The van der Waals surface area contributed by atoms with Crippen molar-refractivity contribution in [1.82, 2.24) is 14.8 Å². The molecule has 2 aliphatic rings. The van der Waals surface area contributed by atoms with Crippen molar-refractivity contribution in [3.05, 3.63) is 47.5 Å². The zero-order chi connectivity index (χ0) is 16.0. The third kappa shape index (κ3) is 2.42. The van der Waals surface area contributed by atoms with Crippen LogP contribution in [0.5, 0.6) is 0 Å². The van der Waals surface area contributed by atoms with Gasteiger partial charge in [-0.2, -0.15) is 5.10 Å². The minimum absolute atomic E-state index is 0.0317. The smallest absolute Gasteiger partial charge is 0.309 e. The molecule has 0 radical (unpaired) electrons. The summed E-state index contributed by atoms with van der Waals surface area (Å²) >= 11 is 0. The van der Waals surface area contributed by atoms with E-state index in [2.05, 4.69) is 10.1 Å². The van der Waals surface area contributed by atoms with Crippen molar-refractivity contribution in [2.45, 2.75) is 37.9 Å². The van der Waals surface area contributed by atoms with Gasteiger partial charge in [0.2, 0.25) is 0 Å². The lowest BCUT2D eigenvalue weighted by Crippen LogP contribution is -2.09. The Bertz CT molecular complexity index is 731. The Morgan fingerprint density at radius 2 is 2.13 bits per heavy atom. The maximum Gasteiger partial charge on any atom is 0.309 e. The molecule has 6 heteroatoms. The molecule has 0 bridgehead atoms. The Balaban J connectivity index is 1.58. The molecule has 1 saturated carbocycles. The van der Waals surface area contributed by atoms with Gasteiger partial charge in [-0.1, -0.05) is 30.3 Å². The summed E-state index contributed by atoms with van der Waals surface area (Å²) in [6.07, 6.45) is -0.0536. The maximum atomic E-state index is 14.3. The molecule has 0 amide bonds. The molecule has 1 aliphatic carbocycles. The largest absolute Gasteiger partial charge is 0.466 e. The van der Waals surface area contributed by atoms with Gasteiger partial charge in [0.25, 0.3) is 0 Å². The van der Waals surface area contributed by atoms with E-state index in [1.807, 2.05) is 30.3 Å². The first kappa shape index (κ1) is 14.4. The van der Waals surface area contributed by atoms with Crippen LogP contribution in [-0.2, 0) is 9.53 Å². The van der Waals surface area contributed by atoms with E-state index in [1.165, 1.54) is 0 Å². The zero-order valence-electron chi connectivity index (χ0n) is 12.9. The van der Waals surface area contributed by atoms with Crippen molar-refractivity contribution in [2.75, 3.05) is 6.61 Å². The summed E-state index contributed by atoms with van der Waals surface area (Å²) in [7, 11) is 0. The van der Waals surface area contributed by atoms with Crippen LogP contribution in [0.25, 0.3) is 0 Å². The second-order valence-corrected chi connectivity index (χ2v) is 6.10. The van der Waals surface area contributed by atoms with E-state index < -0.39 is 6.17 Å². The fourth-order valence-corrected chi connectivity index (χ4v) is 3.30. The van der Waals surface area contributed by atoms with Gasteiger partial charge in [0.15, 0.2) is 17.8 Å². The first-order valence-corrected chi connectivity index (χ1v) is 8.01. The third-order valence-corrected chi connectivity index (χ3v) is 4.58. The van der Waals surface area contributed by atoms with Crippen molar-refractivity contribution in [3.63, 3.8) is 0 Å². The first-order valence-electron chi connectivity index (χ1n) is 8.01. The number of alkyl halides is 1. The summed E-state index contributed by atoms with van der Waals surface area (Å²) in [5.41, 5.74) is 1.03. The summed E-state index contributed by atoms with van der Waals surface area (Å²) in [5, 5.41) is 4.51. The van der Waals surface area contributed by atoms with Crippen LogP contribution in [0.15, 0.2) is 30.3 Å². The average molecular weight is 315 g/mol. The molecule has 4 rings (SSSR count). The Hall–Kier alpha value is -2.24. The number of hydrogen-bond donors (Lipinski definition) is 0. The molecule has 5 nitrogen and oxygen atoms in total. The zero-order valence-corrected chi connectivity index (χ0v) is 12.9. The maximum absolute atomic E-state index is 14.3. The summed E-state index contributed by atoms with van der Waals surface area (Å²) in [5.74, 6) is 0.538. The number of nitrogens with zero attached hydrogens (tertiary/aromatic N) is 3.